The highest BCUT2D eigenvalue weighted by Crippen LogP contribution is 2.26. The first-order valence-corrected chi connectivity index (χ1v) is 7.53. The van der Waals surface area contributed by atoms with Gasteiger partial charge in [0.2, 0.25) is 0 Å². The second kappa shape index (κ2) is 6.53. The molecule has 21 heavy (non-hydrogen) atoms. The molecule has 2 heterocycles. The van der Waals surface area contributed by atoms with E-state index in [9.17, 15) is 4.79 Å². The normalized spacial score (nSPS) is 12.2. The van der Waals surface area contributed by atoms with Crippen LogP contribution in [0.3, 0.4) is 0 Å². The molecule has 0 aliphatic heterocycles. The Hall–Kier alpha value is -2.15. The lowest BCUT2D eigenvalue weighted by Gasteiger charge is -2.12. The first-order valence-electron chi connectivity index (χ1n) is 6.72. The van der Waals surface area contributed by atoms with E-state index < -0.39 is 0 Å². The Balaban J connectivity index is 2.08. The van der Waals surface area contributed by atoms with Crippen molar-refractivity contribution in [2.75, 3.05) is 11.1 Å². The summed E-state index contributed by atoms with van der Waals surface area (Å²) < 4.78 is 0. The predicted molar refractivity (Wildman–Crippen MR) is 85.4 cm³/mol. The summed E-state index contributed by atoms with van der Waals surface area (Å²) in [4.78, 5) is 21.1. The number of aromatic nitrogens is 2. The average molecular weight is 305 g/mol. The topological polar surface area (TPSA) is 92.9 Å². The molecular weight excluding hydrogens is 286 g/mol. The van der Waals surface area contributed by atoms with Gasteiger partial charge in [0.05, 0.1) is 11.7 Å². The number of thiazole rings is 1. The van der Waals surface area contributed by atoms with Crippen LogP contribution in [0.4, 0.5) is 10.9 Å². The monoisotopic (exact) mass is 305 g/mol. The molecule has 0 saturated heterocycles. The standard InChI is InChI=1S/C14H19N5OS/c1-8(2)17-14-19-12(15)11(21-14)13(20)18-9(3)10-6-4-5-7-16-10/h4-9H,15H2,1-3H3,(H,17,19)(H,18,20). The molecule has 0 aromatic carbocycles. The van der Waals surface area contributed by atoms with Gasteiger partial charge >= 0.3 is 0 Å². The van der Waals surface area contributed by atoms with Crippen molar-refractivity contribution in [1.82, 2.24) is 15.3 Å². The SMILES string of the molecule is CC(C)Nc1nc(N)c(C(=O)NC(C)c2ccccn2)s1. The molecule has 2 aromatic rings. The molecule has 0 spiro atoms. The van der Waals surface area contributed by atoms with Gasteiger partial charge in [0, 0.05) is 12.2 Å². The van der Waals surface area contributed by atoms with Crippen LogP contribution in [0.15, 0.2) is 24.4 Å². The third-order valence-corrected chi connectivity index (χ3v) is 3.75. The molecule has 1 unspecified atom stereocenters. The molecule has 2 rings (SSSR count). The summed E-state index contributed by atoms with van der Waals surface area (Å²) in [5, 5.41) is 6.67. The van der Waals surface area contributed by atoms with Gasteiger partial charge in [-0.2, -0.15) is 0 Å². The number of anilines is 2. The Morgan fingerprint density at radius 3 is 2.71 bits per heavy atom. The van der Waals surface area contributed by atoms with E-state index in [1.165, 1.54) is 11.3 Å². The first-order chi connectivity index (χ1) is 9.97. The minimum atomic E-state index is -0.236. The van der Waals surface area contributed by atoms with E-state index in [0.717, 1.165) is 5.69 Å². The van der Waals surface area contributed by atoms with Crippen molar-refractivity contribution in [3.05, 3.63) is 35.0 Å². The summed E-state index contributed by atoms with van der Waals surface area (Å²) in [7, 11) is 0. The van der Waals surface area contributed by atoms with E-state index in [-0.39, 0.29) is 23.8 Å². The maximum absolute atomic E-state index is 12.3. The van der Waals surface area contributed by atoms with E-state index in [1.54, 1.807) is 6.20 Å². The molecule has 1 amide bonds. The zero-order chi connectivity index (χ0) is 15.4. The molecule has 0 bridgehead atoms. The van der Waals surface area contributed by atoms with Crippen LogP contribution >= 0.6 is 11.3 Å². The zero-order valence-electron chi connectivity index (χ0n) is 12.3. The summed E-state index contributed by atoms with van der Waals surface area (Å²) in [5.41, 5.74) is 6.62. The molecule has 2 aromatic heterocycles. The van der Waals surface area contributed by atoms with Crippen molar-refractivity contribution in [2.45, 2.75) is 32.9 Å². The highest BCUT2D eigenvalue weighted by atomic mass is 32.1. The molecule has 1 atom stereocenters. The molecule has 0 fully saturated rings. The summed E-state index contributed by atoms with van der Waals surface area (Å²) in [6, 6.07) is 5.63. The summed E-state index contributed by atoms with van der Waals surface area (Å²) in [6.45, 7) is 5.88. The van der Waals surface area contributed by atoms with Crippen LogP contribution in [-0.2, 0) is 0 Å². The lowest BCUT2D eigenvalue weighted by atomic mass is 10.2. The molecule has 6 nitrogen and oxygen atoms in total. The van der Waals surface area contributed by atoms with E-state index in [0.29, 0.717) is 10.0 Å². The number of hydrogen-bond acceptors (Lipinski definition) is 6. The average Bonchev–Trinajstić information content (AvgIpc) is 2.79. The van der Waals surface area contributed by atoms with Crippen LogP contribution in [0, 0.1) is 0 Å². The van der Waals surface area contributed by atoms with E-state index >= 15 is 0 Å². The minimum Gasteiger partial charge on any atom is -0.382 e. The third kappa shape index (κ3) is 3.91. The van der Waals surface area contributed by atoms with E-state index in [2.05, 4.69) is 20.6 Å². The Morgan fingerprint density at radius 2 is 2.10 bits per heavy atom. The Labute approximate surface area is 127 Å². The van der Waals surface area contributed by atoms with Crippen LogP contribution < -0.4 is 16.4 Å². The smallest absolute Gasteiger partial charge is 0.265 e. The second-order valence-corrected chi connectivity index (χ2v) is 5.98. The summed E-state index contributed by atoms with van der Waals surface area (Å²) in [5.74, 6) is 0.00818. The molecule has 0 aliphatic carbocycles. The Morgan fingerprint density at radius 1 is 1.33 bits per heavy atom. The molecule has 112 valence electrons. The van der Waals surface area contributed by atoms with Gasteiger partial charge in [-0.1, -0.05) is 17.4 Å². The first kappa shape index (κ1) is 15.2. The van der Waals surface area contributed by atoms with Gasteiger partial charge in [-0.05, 0) is 32.9 Å². The number of nitrogen functional groups attached to an aromatic ring is 1. The van der Waals surface area contributed by atoms with Gasteiger partial charge < -0.3 is 16.4 Å². The lowest BCUT2D eigenvalue weighted by molar-refractivity contribution is 0.0944. The summed E-state index contributed by atoms with van der Waals surface area (Å²) >= 11 is 1.25. The zero-order valence-corrected chi connectivity index (χ0v) is 13.1. The number of carbonyl (C=O) groups excluding carboxylic acids is 1. The fourth-order valence-corrected chi connectivity index (χ4v) is 2.71. The fourth-order valence-electron chi connectivity index (χ4n) is 1.77. The van der Waals surface area contributed by atoms with Gasteiger partial charge in [-0.3, -0.25) is 9.78 Å². The maximum Gasteiger partial charge on any atom is 0.265 e. The van der Waals surface area contributed by atoms with Crippen LogP contribution in [0.2, 0.25) is 0 Å². The molecule has 0 saturated carbocycles. The number of amides is 1. The minimum absolute atomic E-state index is 0.193. The van der Waals surface area contributed by atoms with Crippen LogP contribution in [0.1, 0.15) is 42.2 Å². The van der Waals surface area contributed by atoms with Gasteiger partial charge in [-0.25, -0.2) is 4.98 Å². The van der Waals surface area contributed by atoms with Crippen LogP contribution in [-0.4, -0.2) is 21.9 Å². The van der Waals surface area contributed by atoms with Crippen molar-refractivity contribution < 1.29 is 4.79 Å². The molecule has 4 N–H and O–H groups in total. The van der Waals surface area contributed by atoms with Gasteiger partial charge in [0.15, 0.2) is 5.13 Å². The molecule has 0 aliphatic rings. The van der Waals surface area contributed by atoms with Gasteiger partial charge in [-0.15, -0.1) is 0 Å². The highest BCUT2D eigenvalue weighted by molar-refractivity contribution is 7.18. The van der Waals surface area contributed by atoms with Gasteiger partial charge in [0.25, 0.3) is 5.91 Å². The number of carbonyl (C=O) groups is 1. The van der Waals surface area contributed by atoms with E-state index in [1.807, 2.05) is 39.0 Å². The molecule has 0 radical (unpaired) electrons. The Bertz CT molecular complexity index is 611. The molecular formula is C14H19N5OS. The molecule has 7 heteroatoms. The van der Waals surface area contributed by atoms with Crippen LogP contribution in [0.5, 0.6) is 0 Å². The Kier molecular flexibility index (Phi) is 4.74. The lowest BCUT2D eigenvalue weighted by Crippen LogP contribution is -2.27. The van der Waals surface area contributed by atoms with E-state index in [4.69, 9.17) is 5.73 Å². The number of rotatable bonds is 5. The number of nitrogens with two attached hydrogens (primary N) is 1. The largest absolute Gasteiger partial charge is 0.382 e. The number of nitrogens with zero attached hydrogens (tertiary/aromatic N) is 2. The van der Waals surface area contributed by atoms with Crippen LogP contribution in [0.25, 0.3) is 0 Å². The number of hydrogen-bond donors (Lipinski definition) is 3. The van der Waals surface area contributed by atoms with Crippen molar-refractivity contribution in [2.24, 2.45) is 0 Å². The fraction of sp³-hybridized carbons (Fsp3) is 0.357. The quantitative estimate of drug-likeness (QED) is 0.789. The summed E-state index contributed by atoms with van der Waals surface area (Å²) in [6.07, 6.45) is 1.70. The third-order valence-electron chi connectivity index (χ3n) is 2.75. The van der Waals surface area contributed by atoms with Crippen molar-refractivity contribution in [3.8, 4) is 0 Å². The van der Waals surface area contributed by atoms with Crippen molar-refractivity contribution in [3.63, 3.8) is 0 Å². The van der Waals surface area contributed by atoms with Gasteiger partial charge in [0.1, 0.15) is 10.7 Å². The highest BCUT2D eigenvalue weighted by Gasteiger charge is 2.19. The maximum atomic E-state index is 12.3. The number of nitrogens with one attached hydrogen (secondary N) is 2. The predicted octanol–water partition coefficient (Wildman–Crippen LogP) is 2.43. The van der Waals surface area contributed by atoms with Crippen molar-refractivity contribution in [1.29, 1.82) is 0 Å². The second-order valence-electron chi connectivity index (χ2n) is 4.98. The number of pyridine rings is 1. The van der Waals surface area contributed by atoms with Crippen molar-refractivity contribution >= 4 is 28.2 Å².